The number of carbonyl (C=O) groups is 1. The fourth-order valence-corrected chi connectivity index (χ4v) is 3.38. The third kappa shape index (κ3) is 3.85. The van der Waals surface area contributed by atoms with Gasteiger partial charge < -0.3 is 4.90 Å². The summed E-state index contributed by atoms with van der Waals surface area (Å²) in [7, 11) is 3.89. The summed E-state index contributed by atoms with van der Waals surface area (Å²) in [5, 5.41) is 4.23. The van der Waals surface area contributed by atoms with Crippen LogP contribution in [0.15, 0.2) is 35.1 Å². The summed E-state index contributed by atoms with van der Waals surface area (Å²) in [6.45, 7) is 5.18. The Morgan fingerprint density at radius 1 is 1.27 bits per heavy atom. The lowest BCUT2D eigenvalue weighted by Gasteiger charge is -2.36. The summed E-state index contributed by atoms with van der Waals surface area (Å²) in [5.41, 5.74) is 4.08. The second kappa shape index (κ2) is 7.41. The molecule has 1 amide bonds. The van der Waals surface area contributed by atoms with E-state index in [4.69, 9.17) is 0 Å². The minimum Gasteiger partial charge on any atom is -0.343 e. The number of amides is 1. The Morgan fingerprint density at radius 2 is 1.96 bits per heavy atom. The van der Waals surface area contributed by atoms with Gasteiger partial charge in [-0.15, -0.1) is 0 Å². The molecule has 2 aromatic rings. The molecule has 0 radical (unpaired) electrons. The van der Waals surface area contributed by atoms with Crippen molar-refractivity contribution < 1.29 is 4.79 Å². The largest absolute Gasteiger partial charge is 0.343 e. The Bertz CT molecular complexity index is 874. The second-order valence-electron chi connectivity index (χ2n) is 7.22. The quantitative estimate of drug-likeness (QED) is 0.832. The number of likely N-dealkylation sites (N-methyl/N-ethyl adjacent to an activating group) is 2. The predicted octanol–water partition coefficient (Wildman–Crippen LogP) is 1.38. The third-order valence-corrected chi connectivity index (χ3v) is 5.25. The SMILES string of the molecule is Cc1cc(=O)n(CC(=O)N(C)CC2Cc3ccccc3CN2C)nc1C. The Kier molecular flexibility index (Phi) is 5.23. The standard InChI is InChI=1S/C20H26N4O2/c1-14-9-19(25)24(21-15(14)2)13-20(26)23(4)12-18-10-16-7-5-6-8-17(16)11-22(18)3/h5-9,18H,10-13H2,1-4H3. The Morgan fingerprint density at radius 3 is 2.69 bits per heavy atom. The Hall–Kier alpha value is -2.47. The minimum absolute atomic E-state index is 0.0243. The first-order chi connectivity index (χ1) is 12.3. The number of fused-ring (bicyclic) bond motifs is 1. The fourth-order valence-electron chi connectivity index (χ4n) is 3.38. The molecule has 2 heterocycles. The number of hydrogen-bond acceptors (Lipinski definition) is 4. The normalized spacial score (nSPS) is 17.0. The minimum atomic E-state index is -0.237. The average molecular weight is 354 g/mol. The number of carbonyl (C=O) groups excluding carboxylic acids is 1. The molecule has 0 saturated heterocycles. The summed E-state index contributed by atoms with van der Waals surface area (Å²) in [6, 6.07) is 10.2. The summed E-state index contributed by atoms with van der Waals surface area (Å²) < 4.78 is 1.25. The van der Waals surface area contributed by atoms with E-state index in [0.717, 1.165) is 24.2 Å². The summed E-state index contributed by atoms with van der Waals surface area (Å²) in [5.74, 6) is -0.102. The van der Waals surface area contributed by atoms with Crippen LogP contribution in [0, 0.1) is 13.8 Å². The van der Waals surface area contributed by atoms with Gasteiger partial charge in [-0.2, -0.15) is 5.10 Å². The molecule has 1 aromatic carbocycles. The molecule has 6 heteroatoms. The number of aryl methyl sites for hydroxylation is 2. The van der Waals surface area contributed by atoms with Crippen molar-refractivity contribution in [3.63, 3.8) is 0 Å². The van der Waals surface area contributed by atoms with Gasteiger partial charge >= 0.3 is 0 Å². The van der Waals surface area contributed by atoms with E-state index in [1.165, 1.54) is 21.9 Å². The van der Waals surface area contributed by atoms with E-state index in [9.17, 15) is 9.59 Å². The van der Waals surface area contributed by atoms with E-state index >= 15 is 0 Å². The van der Waals surface area contributed by atoms with Gasteiger partial charge in [0.2, 0.25) is 5.91 Å². The molecule has 6 nitrogen and oxygen atoms in total. The lowest BCUT2D eigenvalue weighted by atomic mass is 9.94. The van der Waals surface area contributed by atoms with Crippen LogP contribution in [0.2, 0.25) is 0 Å². The van der Waals surface area contributed by atoms with Gasteiger partial charge in [0.15, 0.2) is 0 Å². The van der Waals surface area contributed by atoms with E-state index in [1.54, 1.807) is 11.9 Å². The molecule has 1 unspecified atom stereocenters. The maximum atomic E-state index is 12.6. The summed E-state index contributed by atoms with van der Waals surface area (Å²) >= 11 is 0. The summed E-state index contributed by atoms with van der Waals surface area (Å²) in [6.07, 6.45) is 0.923. The Labute approximate surface area is 154 Å². The topological polar surface area (TPSA) is 58.4 Å². The van der Waals surface area contributed by atoms with Crippen molar-refractivity contribution in [2.45, 2.75) is 39.4 Å². The van der Waals surface area contributed by atoms with Crippen LogP contribution < -0.4 is 5.56 Å². The molecule has 0 saturated carbocycles. The molecule has 1 aliphatic rings. The predicted molar refractivity (Wildman–Crippen MR) is 101 cm³/mol. The average Bonchev–Trinajstić information content (AvgIpc) is 2.60. The maximum Gasteiger partial charge on any atom is 0.267 e. The number of rotatable bonds is 4. The molecule has 26 heavy (non-hydrogen) atoms. The van der Waals surface area contributed by atoms with Crippen LogP contribution in [0.3, 0.4) is 0 Å². The zero-order valence-electron chi connectivity index (χ0n) is 15.9. The first-order valence-electron chi connectivity index (χ1n) is 8.91. The summed E-state index contributed by atoms with van der Waals surface area (Å²) in [4.78, 5) is 28.6. The molecule has 0 spiro atoms. The van der Waals surface area contributed by atoms with E-state index in [-0.39, 0.29) is 24.1 Å². The molecule has 1 atom stereocenters. The second-order valence-corrected chi connectivity index (χ2v) is 7.22. The number of nitrogens with zero attached hydrogens (tertiary/aromatic N) is 4. The smallest absolute Gasteiger partial charge is 0.267 e. The van der Waals surface area contributed by atoms with E-state index in [2.05, 4.69) is 41.3 Å². The highest BCUT2D eigenvalue weighted by molar-refractivity contribution is 5.75. The van der Waals surface area contributed by atoms with Crippen molar-refractivity contribution in [2.24, 2.45) is 0 Å². The lowest BCUT2D eigenvalue weighted by Crippen LogP contribution is -2.47. The van der Waals surface area contributed by atoms with E-state index in [1.807, 2.05) is 13.8 Å². The zero-order chi connectivity index (χ0) is 18.8. The van der Waals surface area contributed by atoms with Crippen LogP contribution in [0.4, 0.5) is 0 Å². The van der Waals surface area contributed by atoms with Crippen LogP contribution in [0.5, 0.6) is 0 Å². The van der Waals surface area contributed by atoms with Crippen LogP contribution in [0.1, 0.15) is 22.4 Å². The van der Waals surface area contributed by atoms with Gasteiger partial charge in [-0.1, -0.05) is 24.3 Å². The number of aromatic nitrogens is 2. The van der Waals surface area contributed by atoms with E-state index in [0.29, 0.717) is 6.54 Å². The lowest BCUT2D eigenvalue weighted by molar-refractivity contribution is -0.131. The molecule has 138 valence electrons. The molecule has 0 bridgehead atoms. The molecular formula is C20H26N4O2. The van der Waals surface area contributed by atoms with Gasteiger partial charge in [-0.25, -0.2) is 4.68 Å². The van der Waals surface area contributed by atoms with Crippen molar-refractivity contribution in [3.8, 4) is 0 Å². The van der Waals surface area contributed by atoms with E-state index < -0.39 is 0 Å². The van der Waals surface area contributed by atoms with Gasteiger partial charge in [0, 0.05) is 32.2 Å². The molecule has 3 rings (SSSR count). The van der Waals surface area contributed by atoms with Gasteiger partial charge in [0.25, 0.3) is 5.56 Å². The van der Waals surface area contributed by atoms with Crippen molar-refractivity contribution in [3.05, 3.63) is 63.1 Å². The van der Waals surface area contributed by atoms with Crippen molar-refractivity contribution in [1.82, 2.24) is 19.6 Å². The van der Waals surface area contributed by atoms with Crippen molar-refractivity contribution >= 4 is 5.91 Å². The highest BCUT2D eigenvalue weighted by Gasteiger charge is 2.25. The molecule has 0 aliphatic carbocycles. The molecule has 0 fully saturated rings. The van der Waals surface area contributed by atoms with Gasteiger partial charge in [0.1, 0.15) is 6.54 Å². The molecular weight excluding hydrogens is 328 g/mol. The van der Waals surface area contributed by atoms with Gasteiger partial charge in [0.05, 0.1) is 5.69 Å². The first kappa shape index (κ1) is 18.3. The monoisotopic (exact) mass is 354 g/mol. The molecule has 1 aromatic heterocycles. The fraction of sp³-hybridized carbons (Fsp3) is 0.450. The third-order valence-electron chi connectivity index (χ3n) is 5.25. The molecule has 0 N–H and O–H groups in total. The Balaban J connectivity index is 1.66. The number of hydrogen-bond donors (Lipinski definition) is 0. The first-order valence-corrected chi connectivity index (χ1v) is 8.91. The van der Waals surface area contributed by atoms with Crippen LogP contribution in [0.25, 0.3) is 0 Å². The van der Waals surface area contributed by atoms with Gasteiger partial charge in [-0.3, -0.25) is 14.5 Å². The van der Waals surface area contributed by atoms with Crippen LogP contribution in [-0.2, 0) is 24.3 Å². The molecule has 1 aliphatic heterocycles. The highest BCUT2D eigenvalue weighted by Crippen LogP contribution is 2.22. The van der Waals surface area contributed by atoms with Gasteiger partial charge in [-0.05, 0) is 44.0 Å². The van der Waals surface area contributed by atoms with Crippen LogP contribution >= 0.6 is 0 Å². The number of benzene rings is 1. The zero-order valence-corrected chi connectivity index (χ0v) is 15.9. The highest BCUT2D eigenvalue weighted by atomic mass is 16.2. The van der Waals surface area contributed by atoms with Crippen molar-refractivity contribution in [1.29, 1.82) is 0 Å². The van der Waals surface area contributed by atoms with Crippen molar-refractivity contribution in [2.75, 3.05) is 20.6 Å². The maximum absolute atomic E-state index is 12.6. The van der Waals surface area contributed by atoms with Crippen LogP contribution in [-0.4, -0.2) is 52.2 Å².